The number of benzene rings is 4. The van der Waals surface area contributed by atoms with Gasteiger partial charge in [-0.25, -0.2) is 0 Å². The van der Waals surface area contributed by atoms with Gasteiger partial charge in [0.2, 0.25) is 0 Å². The van der Waals surface area contributed by atoms with E-state index >= 15 is 0 Å². The van der Waals surface area contributed by atoms with Crippen LogP contribution in [0.4, 0.5) is 0 Å². The van der Waals surface area contributed by atoms with Crippen molar-refractivity contribution in [2.45, 2.75) is 171 Å². The average molecular weight is 853 g/mol. The van der Waals surface area contributed by atoms with Gasteiger partial charge in [0.1, 0.15) is 11.5 Å². The van der Waals surface area contributed by atoms with E-state index in [4.69, 9.17) is 4.74 Å². The molecule has 0 amide bonds. The summed E-state index contributed by atoms with van der Waals surface area (Å²) in [5, 5.41) is 49.4. The second kappa shape index (κ2) is 22.8. The first kappa shape index (κ1) is 52.7. The molecule has 2 unspecified atom stereocenters. The Morgan fingerprint density at radius 2 is 0.855 bits per heavy atom. The lowest BCUT2D eigenvalue weighted by molar-refractivity contribution is 0.0559. The molecule has 0 heterocycles. The van der Waals surface area contributed by atoms with Crippen molar-refractivity contribution < 1.29 is 30.3 Å². The van der Waals surface area contributed by atoms with Gasteiger partial charge in [0.05, 0.1) is 32.0 Å². The SMILES string of the molecule is CCC(CC)(c1ccc(CCC(O)C(C)(C)C)c(C)c1)c1ccc(OCC(CO)CO)c(C)c1.CCC(CC)(c1ccc(O)c(C)c1)c1ccc(CCC(O)C(C)(C)C)c(C)c1. The normalized spacial score (nSPS) is 13.5. The van der Waals surface area contributed by atoms with Crippen molar-refractivity contribution in [3.63, 3.8) is 0 Å². The molecule has 0 aliphatic carbocycles. The molecule has 5 N–H and O–H groups in total. The molecule has 0 spiro atoms. The fourth-order valence-electron chi connectivity index (χ4n) is 8.90. The van der Waals surface area contributed by atoms with Crippen molar-refractivity contribution in [1.82, 2.24) is 0 Å². The molecule has 4 aromatic carbocycles. The Balaban J connectivity index is 0.000000336. The van der Waals surface area contributed by atoms with Crippen LogP contribution in [0.25, 0.3) is 0 Å². The number of aliphatic hydroxyl groups is 4. The first-order chi connectivity index (χ1) is 29.1. The predicted octanol–water partition coefficient (Wildman–Crippen LogP) is 12.2. The van der Waals surface area contributed by atoms with Crippen LogP contribution >= 0.6 is 0 Å². The van der Waals surface area contributed by atoms with Crippen LogP contribution in [0.1, 0.15) is 163 Å². The number of ether oxygens (including phenoxy) is 1. The van der Waals surface area contributed by atoms with E-state index in [-0.39, 0.29) is 53.0 Å². The molecule has 344 valence electrons. The average Bonchev–Trinajstić information content (AvgIpc) is 3.23. The second-order valence-electron chi connectivity index (χ2n) is 20.2. The lowest BCUT2D eigenvalue weighted by Crippen LogP contribution is -2.27. The maximum Gasteiger partial charge on any atom is 0.122 e. The maximum absolute atomic E-state index is 10.5. The molecule has 0 aliphatic rings. The number of aromatic hydroxyl groups is 1. The van der Waals surface area contributed by atoms with Gasteiger partial charge in [-0.2, -0.15) is 0 Å². The van der Waals surface area contributed by atoms with Crippen molar-refractivity contribution >= 4 is 0 Å². The summed E-state index contributed by atoms with van der Waals surface area (Å²) in [6.07, 6.45) is 6.71. The van der Waals surface area contributed by atoms with Crippen LogP contribution < -0.4 is 4.74 Å². The van der Waals surface area contributed by atoms with E-state index in [0.717, 1.165) is 68.2 Å². The Morgan fingerprint density at radius 3 is 1.18 bits per heavy atom. The summed E-state index contributed by atoms with van der Waals surface area (Å²) in [7, 11) is 0. The summed E-state index contributed by atoms with van der Waals surface area (Å²) >= 11 is 0. The zero-order chi connectivity index (χ0) is 46.6. The van der Waals surface area contributed by atoms with Gasteiger partial charge >= 0.3 is 0 Å². The quantitative estimate of drug-likeness (QED) is 0.0643. The van der Waals surface area contributed by atoms with Crippen LogP contribution in [-0.2, 0) is 23.7 Å². The molecular weight excluding hydrogens is 769 g/mol. The summed E-state index contributed by atoms with van der Waals surface area (Å²) in [6, 6.07) is 26.1. The van der Waals surface area contributed by atoms with Crippen molar-refractivity contribution in [3.05, 3.63) is 128 Å². The predicted molar refractivity (Wildman–Crippen MR) is 260 cm³/mol. The number of rotatable bonds is 19. The highest BCUT2D eigenvalue weighted by Gasteiger charge is 2.33. The Labute approximate surface area is 376 Å². The first-order valence-electron chi connectivity index (χ1n) is 23.4. The van der Waals surface area contributed by atoms with E-state index in [1.807, 2.05) is 19.1 Å². The van der Waals surface area contributed by atoms with E-state index in [0.29, 0.717) is 12.4 Å². The zero-order valence-corrected chi connectivity index (χ0v) is 41.1. The van der Waals surface area contributed by atoms with Gasteiger partial charge in [-0.1, -0.05) is 130 Å². The Kier molecular flexibility index (Phi) is 19.4. The Bertz CT molecular complexity index is 1990. The molecule has 62 heavy (non-hydrogen) atoms. The van der Waals surface area contributed by atoms with Crippen molar-refractivity contribution in [3.8, 4) is 11.5 Å². The van der Waals surface area contributed by atoms with E-state index in [2.05, 4.69) is 151 Å². The second-order valence-corrected chi connectivity index (χ2v) is 20.2. The smallest absolute Gasteiger partial charge is 0.122 e. The molecule has 2 atom stereocenters. The molecule has 0 bridgehead atoms. The number of aliphatic hydroxyl groups excluding tert-OH is 4. The minimum atomic E-state index is -0.314. The molecule has 0 saturated heterocycles. The van der Waals surface area contributed by atoms with E-state index in [9.17, 15) is 25.5 Å². The van der Waals surface area contributed by atoms with Gasteiger partial charge < -0.3 is 30.3 Å². The van der Waals surface area contributed by atoms with Gasteiger partial charge in [0, 0.05) is 16.7 Å². The third-order valence-electron chi connectivity index (χ3n) is 14.0. The van der Waals surface area contributed by atoms with Crippen LogP contribution in [-0.4, -0.2) is 57.6 Å². The van der Waals surface area contributed by atoms with E-state index in [1.54, 1.807) is 0 Å². The molecule has 4 aromatic rings. The van der Waals surface area contributed by atoms with Crippen LogP contribution in [0.2, 0.25) is 0 Å². The third-order valence-corrected chi connectivity index (χ3v) is 14.0. The van der Waals surface area contributed by atoms with Gasteiger partial charge in [-0.3, -0.25) is 0 Å². The number of phenols is 1. The first-order valence-corrected chi connectivity index (χ1v) is 23.4. The standard InChI is InChI=1S/C30H46O4.C26H38O2/c1-8-30(9-2,26-13-14-27(22(4)17-26)34-20-23(18-31)19-32)25-12-10-24(21(3)16-25)11-15-28(33)29(5,6)7;1-8-26(9-2,22-13-14-23(27)19(4)17-22)21-12-10-20(18(3)16-21)11-15-24(28)25(5,6)7/h10,12-14,16-17,23,28,31-33H,8-9,11,15,18-20H2,1-7H3;10,12-14,16-17,24,27-28H,8-9,11,15H2,1-7H3. The number of phenolic OH excluding ortho intramolecular Hbond substituents is 1. The summed E-state index contributed by atoms with van der Waals surface area (Å²) in [5.41, 5.74) is 12.1. The summed E-state index contributed by atoms with van der Waals surface area (Å²) in [5.74, 6) is 0.880. The zero-order valence-electron chi connectivity index (χ0n) is 41.1. The van der Waals surface area contributed by atoms with Gasteiger partial charge in [-0.05, 0) is 158 Å². The van der Waals surface area contributed by atoms with Crippen molar-refractivity contribution in [1.29, 1.82) is 0 Å². The highest BCUT2D eigenvalue weighted by atomic mass is 16.5. The van der Waals surface area contributed by atoms with Crippen LogP contribution in [0.15, 0.2) is 72.8 Å². The monoisotopic (exact) mass is 853 g/mol. The maximum atomic E-state index is 10.5. The molecule has 0 aromatic heterocycles. The minimum absolute atomic E-state index is 0.0489. The molecule has 6 nitrogen and oxygen atoms in total. The van der Waals surface area contributed by atoms with Crippen molar-refractivity contribution in [2.24, 2.45) is 16.7 Å². The Hall–Kier alpha value is -3.68. The molecular formula is C56H84O6. The third kappa shape index (κ3) is 13.0. The lowest BCUT2D eigenvalue weighted by Gasteiger charge is -2.34. The fraction of sp³-hybridized carbons (Fsp3) is 0.571. The van der Waals surface area contributed by atoms with Gasteiger partial charge in [0.25, 0.3) is 0 Å². The highest BCUT2D eigenvalue weighted by Crippen LogP contribution is 2.43. The largest absolute Gasteiger partial charge is 0.508 e. The van der Waals surface area contributed by atoms with E-state index < -0.39 is 0 Å². The fourth-order valence-corrected chi connectivity index (χ4v) is 8.90. The lowest BCUT2D eigenvalue weighted by atomic mass is 9.69. The number of aryl methyl sites for hydroxylation is 6. The van der Waals surface area contributed by atoms with Crippen LogP contribution in [0.5, 0.6) is 11.5 Å². The topological polar surface area (TPSA) is 110 Å². The summed E-state index contributed by atoms with van der Waals surface area (Å²) < 4.78 is 5.89. The van der Waals surface area contributed by atoms with Gasteiger partial charge in [0.15, 0.2) is 0 Å². The number of hydrogen-bond donors (Lipinski definition) is 5. The molecule has 0 aliphatic heterocycles. The Morgan fingerprint density at radius 1 is 0.500 bits per heavy atom. The summed E-state index contributed by atoms with van der Waals surface area (Å²) in [4.78, 5) is 0. The molecule has 4 rings (SSSR count). The highest BCUT2D eigenvalue weighted by molar-refractivity contribution is 5.48. The molecule has 0 radical (unpaired) electrons. The molecule has 0 saturated carbocycles. The minimum Gasteiger partial charge on any atom is -0.508 e. The van der Waals surface area contributed by atoms with E-state index in [1.165, 1.54) is 44.5 Å². The molecule has 0 fully saturated rings. The number of hydrogen-bond acceptors (Lipinski definition) is 6. The van der Waals surface area contributed by atoms with Crippen molar-refractivity contribution in [2.75, 3.05) is 19.8 Å². The summed E-state index contributed by atoms with van der Waals surface area (Å²) in [6.45, 7) is 30.0. The van der Waals surface area contributed by atoms with Gasteiger partial charge in [-0.15, -0.1) is 0 Å². The van der Waals surface area contributed by atoms with Crippen LogP contribution in [0, 0.1) is 44.4 Å². The van der Waals surface area contributed by atoms with Crippen LogP contribution in [0.3, 0.4) is 0 Å². The molecule has 6 heteroatoms.